The summed E-state index contributed by atoms with van der Waals surface area (Å²) in [4.78, 5) is 0. The molecule has 0 heteroatoms. The first kappa shape index (κ1) is 36.7. The summed E-state index contributed by atoms with van der Waals surface area (Å²) < 4.78 is 0. The molecular weight excluding hydrogens is 673 g/mol. The Balaban J connectivity index is 0.00000107. The van der Waals surface area contributed by atoms with Crippen LogP contribution in [0.25, 0.3) is 98.0 Å². The number of rotatable bonds is 3. The third-order valence-electron chi connectivity index (χ3n) is 11.2. The van der Waals surface area contributed by atoms with Crippen molar-refractivity contribution in [2.24, 2.45) is 0 Å². The van der Waals surface area contributed by atoms with Crippen LogP contribution in [-0.2, 0) is 5.41 Å². The highest BCUT2D eigenvalue weighted by molar-refractivity contribution is 6.27. The molecular formula is C56H50. The van der Waals surface area contributed by atoms with Gasteiger partial charge in [0.15, 0.2) is 0 Å². The Morgan fingerprint density at radius 3 is 0.857 bits per heavy atom. The minimum Gasteiger partial charge on any atom is -0.0683 e. The van der Waals surface area contributed by atoms with Crippen molar-refractivity contribution in [1.29, 1.82) is 0 Å². The van der Waals surface area contributed by atoms with E-state index < -0.39 is 0 Å². The highest BCUT2D eigenvalue weighted by Crippen LogP contribution is 2.41. The highest BCUT2D eigenvalue weighted by Gasteiger charge is 2.18. The minimum absolute atomic E-state index is 0.00963. The number of fused-ring (bicyclic) bond motifs is 12. The molecule has 274 valence electrons. The SMILES string of the molecule is CC.CC.CC(C)(C)c1cc(-c2cccc(-c3ccc4c5ccccc5c5ccccc5c4c3)c2)cc(-c2ccc3c4ccccc4c4ccccc4c3c2)c1. The van der Waals surface area contributed by atoms with Gasteiger partial charge in [0.05, 0.1) is 0 Å². The summed E-state index contributed by atoms with van der Waals surface area (Å²) in [7, 11) is 0. The van der Waals surface area contributed by atoms with Crippen LogP contribution >= 0.6 is 0 Å². The molecule has 0 unspecified atom stereocenters. The lowest BCUT2D eigenvalue weighted by Crippen LogP contribution is -2.11. The van der Waals surface area contributed by atoms with Gasteiger partial charge in [-0.25, -0.2) is 0 Å². The second-order valence-electron chi connectivity index (χ2n) is 15.3. The summed E-state index contributed by atoms with van der Waals surface area (Å²) in [5, 5.41) is 15.6. The van der Waals surface area contributed by atoms with Crippen LogP contribution in [0.15, 0.2) is 176 Å². The van der Waals surface area contributed by atoms with Gasteiger partial charge in [-0.05, 0) is 133 Å². The van der Waals surface area contributed by atoms with E-state index in [4.69, 9.17) is 0 Å². The number of hydrogen-bond donors (Lipinski definition) is 0. The van der Waals surface area contributed by atoms with Gasteiger partial charge in [-0.2, -0.15) is 0 Å². The molecule has 56 heavy (non-hydrogen) atoms. The first-order valence-electron chi connectivity index (χ1n) is 20.3. The molecule has 0 bridgehead atoms. The molecule has 0 heterocycles. The van der Waals surface area contributed by atoms with Gasteiger partial charge in [-0.1, -0.05) is 200 Å². The first-order chi connectivity index (χ1) is 27.4. The van der Waals surface area contributed by atoms with Crippen LogP contribution in [0, 0.1) is 0 Å². The average Bonchev–Trinajstić information content (AvgIpc) is 3.27. The van der Waals surface area contributed by atoms with Gasteiger partial charge in [0, 0.05) is 0 Å². The van der Waals surface area contributed by atoms with Crippen LogP contribution in [-0.4, -0.2) is 0 Å². The molecule has 0 aliphatic carbocycles. The fourth-order valence-electron chi connectivity index (χ4n) is 8.45. The van der Waals surface area contributed by atoms with Crippen LogP contribution < -0.4 is 0 Å². The van der Waals surface area contributed by atoms with Crippen molar-refractivity contribution in [2.75, 3.05) is 0 Å². The van der Waals surface area contributed by atoms with Crippen LogP contribution in [0.5, 0.6) is 0 Å². The maximum absolute atomic E-state index is 2.41. The molecule has 0 N–H and O–H groups in total. The molecule has 10 aromatic carbocycles. The van der Waals surface area contributed by atoms with Crippen LogP contribution in [0.4, 0.5) is 0 Å². The Morgan fingerprint density at radius 1 is 0.232 bits per heavy atom. The summed E-state index contributed by atoms with van der Waals surface area (Å²) in [6.07, 6.45) is 0. The van der Waals surface area contributed by atoms with Crippen molar-refractivity contribution < 1.29 is 0 Å². The zero-order valence-electron chi connectivity index (χ0n) is 33.7. The molecule has 0 spiro atoms. The monoisotopic (exact) mass is 722 g/mol. The summed E-state index contributed by atoms with van der Waals surface area (Å²) in [6, 6.07) is 65.6. The molecule has 0 aliphatic rings. The van der Waals surface area contributed by atoms with E-state index in [1.54, 1.807) is 0 Å². The highest BCUT2D eigenvalue weighted by atomic mass is 14.2. The van der Waals surface area contributed by atoms with E-state index >= 15 is 0 Å². The van der Waals surface area contributed by atoms with Crippen molar-refractivity contribution in [3.63, 3.8) is 0 Å². The molecule has 0 saturated heterocycles. The average molecular weight is 723 g/mol. The molecule has 10 aromatic rings. The third kappa shape index (κ3) is 6.40. The third-order valence-corrected chi connectivity index (χ3v) is 11.2. The van der Waals surface area contributed by atoms with Crippen molar-refractivity contribution in [3.8, 4) is 33.4 Å². The van der Waals surface area contributed by atoms with Gasteiger partial charge in [-0.3, -0.25) is 0 Å². The van der Waals surface area contributed by atoms with E-state index in [0.717, 1.165) is 0 Å². The van der Waals surface area contributed by atoms with E-state index in [1.807, 2.05) is 27.7 Å². The van der Waals surface area contributed by atoms with Crippen molar-refractivity contribution in [1.82, 2.24) is 0 Å². The Hall–Kier alpha value is -6.24. The Bertz CT molecular complexity index is 2970. The van der Waals surface area contributed by atoms with Crippen molar-refractivity contribution in [3.05, 3.63) is 181 Å². The summed E-state index contributed by atoms with van der Waals surface area (Å²) in [5.74, 6) is 0. The zero-order valence-corrected chi connectivity index (χ0v) is 33.7. The van der Waals surface area contributed by atoms with Crippen molar-refractivity contribution >= 4 is 64.6 Å². The molecule has 0 nitrogen and oxygen atoms in total. The predicted molar refractivity (Wildman–Crippen MR) is 249 cm³/mol. The fourth-order valence-corrected chi connectivity index (χ4v) is 8.45. The summed E-state index contributed by atoms with van der Waals surface area (Å²) >= 11 is 0. The number of hydrogen-bond acceptors (Lipinski definition) is 0. The maximum Gasteiger partial charge on any atom is -0.00928 e. The van der Waals surface area contributed by atoms with Gasteiger partial charge in [0.25, 0.3) is 0 Å². The topological polar surface area (TPSA) is 0 Å². The van der Waals surface area contributed by atoms with Gasteiger partial charge in [0.1, 0.15) is 0 Å². The van der Waals surface area contributed by atoms with Crippen LogP contribution in [0.1, 0.15) is 54.0 Å². The molecule has 0 aliphatic heterocycles. The van der Waals surface area contributed by atoms with Gasteiger partial charge in [0.2, 0.25) is 0 Å². The molecule has 0 amide bonds. The lowest BCUT2D eigenvalue weighted by atomic mass is 9.82. The van der Waals surface area contributed by atoms with E-state index in [0.29, 0.717) is 0 Å². The molecule has 10 rings (SSSR count). The fraction of sp³-hybridized carbons (Fsp3) is 0.143. The van der Waals surface area contributed by atoms with E-state index in [2.05, 4.69) is 197 Å². The Morgan fingerprint density at radius 2 is 0.500 bits per heavy atom. The standard InChI is InChI=1S/C52H38.2C2H6/c1-52(2,3)39-29-37(28-38(30-39)36-24-26-49-45-20-7-5-16-41(45)43-18-9-11-22-47(43)51(49)32-36)34-14-12-13-33(27-34)35-23-25-48-44-19-6-4-15-40(44)42-17-8-10-21-46(42)50(48)31-35;2*1-2/h4-32H,1-3H3;2*1-2H3. The Kier molecular flexibility index (Phi) is 9.92. The molecule has 0 atom stereocenters. The summed E-state index contributed by atoms with van der Waals surface area (Å²) in [6.45, 7) is 14.9. The Labute approximate surface area is 332 Å². The van der Waals surface area contributed by atoms with E-state index in [1.165, 1.54) is 104 Å². The van der Waals surface area contributed by atoms with Crippen molar-refractivity contribution in [2.45, 2.75) is 53.9 Å². The van der Waals surface area contributed by atoms with Gasteiger partial charge in [-0.15, -0.1) is 0 Å². The lowest BCUT2D eigenvalue weighted by Gasteiger charge is -2.22. The van der Waals surface area contributed by atoms with Gasteiger partial charge < -0.3 is 0 Å². The largest absolute Gasteiger partial charge is 0.0683 e. The van der Waals surface area contributed by atoms with Gasteiger partial charge >= 0.3 is 0 Å². The van der Waals surface area contributed by atoms with E-state index in [-0.39, 0.29) is 5.41 Å². The van der Waals surface area contributed by atoms with Crippen LogP contribution in [0.3, 0.4) is 0 Å². The molecule has 0 aromatic heterocycles. The molecule has 0 saturated carbocycles. The van der Waals surface area contributed by atoms with Crippen LogP contribution in [0.2, 0.25) is 0 Å². The minimum atomic E-state index is -0.00963. The molecule has 0 radical (unpaired) electrons. The second-order valence-corrected chi connectivity index (χ2v) is 15.3. The smallest absolute Gasteiger partial charge is 0.00928 e. The summed E-state index contributed by atoms with van der Waals surface area (Å²) in [5.41, 5.74) is 8.73. The lowest BCUT2D eigenvalue weighted by molar-refractivity contribution is 0.590. The molecule has 0 fully saturated rings. The van der Waals surface area contributed by atoms with E-state index in [9.17, 15) is 0 Å². The normalized spacial score (nSPS) is 11.5. The quantitative estimate of drug-likeness (QED) is 0.159. The first-order valence-corrected chi connectivity index (χ1v) is 20.3. The predicted octanol–water partition coefficient (Wildman–Crippen LogP) is 17.0. The second kappa shape index (κ2) is 15.1. The zero-order chi connectivity index (χ0) is 39.0. The number of benzene rings is 10. The maximum atomic E-state index is 2.41.